The second kappa shape index (κ2) is 5.42. The highest BCUT2D eigenvalue weighted by Crippen LogP contribution is 2.38. The van der Waals surface area contributed by atoms with Gasteiger partial charge in [-0.1, -0.05) is 32.0 Å². The number of hydrogen-bond acceptors (Lipinski definition) is 1. The molecule has 1 aromatic rings. The molecule has 1 atom stereocenters. The molecular weight excluding hydrogens is 243 g/mol. The van der Waals surface area contributed by atoms with Crippen LogP contribution in [-0.4, -0.2) is 5.91 Å². The number of rotatable bonds is 4. The SMILES string of the molecule is CC(C)C(CC(N)=O)c1ccccc1C(F)(F)F. The molecule has 0 aliphatic carbocycles. The number of carbonyl (C=O) groups excluding carboxylic acids is 1. The molecule has 1 unspecified atom stereocenters. The summed E-state index contributed by atoms with van der Waals surface area (Å²) in [6, 6.07) is 5.33. The summed E-state index contributed by atoms with van der Waals surface area (Å²) >= 11 is 0. The molecule has 2 nitrogen and oxygen atoms in total. The average Bonchev–Trinajstić information content (AvgIpc) is 2.24. The fourth-order valence-electron chi connectivity index (χ4n) is 2.00. The molecule has 0 radical (unpaired) electrons. The van der Waals surface area contributed by atoms with Crippen LogP contribution in [-0.2, 0) is 11.0 Å². The quantitative estimate of drug-likeness (QED) is 0.885. The van der Waals surface area contributed by atoms with Crippen LogP contribution in [0.2, 0.25) is 0 Å². The minimum absolute atomic E-state index is 0.0786. The highest BCUT2D eigenvalue weighted by Gasteiger charge is 2.35. The Morgan fingerprint density at radius 3 is 2.28 bits per heavy atom. The molecule has 0 heterocycles. The Morgan fingerprint density at radius 1 is 1.28 bits per heavy atom. The van der Waals surface area contributed by atoms with Crippen molar-refractivity contribution in [3.63, 3.8) is 0 Å². The summed E-state index contributed by atoms with van der Waals surface area (Å²) in [6.07, 6.45) is -4.49. The monoisotopic (exact) mass is 259 g/mol. The van der Waals surface area contributed by atoms with Gasteiger partial charge in [0.2, 0.25) is 5.91 Å². The molecule has 100 valence electrons. The predicted octanol–water partition coefficient (Wildman–Crippen LogP) is 3.32. The van der Waals surface area contributed by atoms with Crippen LogP contribution in [0.5, 0.6) is 0 Å². The Hall–Kier alpha value is -1.52. The Balaban J connectivity index is 3.24. The minimum Gasteiger partial charge on any atom is -0.370 e. The van der Waals surface area contributed by atoms with Crippen molar-refractivity contribution in [3.8, 4) is 0 Å². The van der Waals surface area contributed by atoms with E-state index in [0.717, 1.165) is 6.07 Å². The summed E-state index contributed by atoms with van der Waals surface area (Å²) in [5.41, 5.74) is 4.56. The molecular formula is C13H16F3NO. The fourth-order valence-corrected chi connectivity index (χ4v) is 2.00. The third kappa shape index (κ3) is 3.48. The Bertz CT molecular complexity index is 426. The van der Waals surface area contributed by atoms with Gasteiger partial charge in [0.15, 0.2) is 0 Å². The van der Waals surface area contributed by atoms with Crippen molar-refractivity contribution in [2.75, 3.05) is 0 Å². The molecule has 0 aliphatic heterocycles. The third-order valence-corrected chi connectivity index (χ3v) is 2.89. The molecule has 0 fully saturated rings. The van der Waals surface area contributed by atoms with Crippen molar-refractivity contribution in [1.29, 1.82) is 0 Å². The van der Waals surface area contributed by atoms with Gasteiger partial charge in [0.1, 0.15) is 0 Å². The van der Waals surface area contributed by atoms with Crippen LogP contribution in [0.4, 0.5) is 13.2 Å². The zero-order valence-corrected chi connectivity index (χ0v) is 10.3. The smallest absolute Gasteiger partial charge is 0.370 e. The van der Waals surface area contributed by atoms with Gasteiger partial charge in [0, 0.05) is 6.42 Å². The van der Waals surface area contributed by atoms with E-state index in [-0.39, 0.29) is 17.9 Å². The van der Waals surface area contributed by atoms with Crippen LogP contribution in [0, 0.1) is 5.92 Å². The van der Waals surface area contributed by atoms with E-state index >= 15 is 0 Å². The first-order valence-electron chi connectivity index (χ1n) is 5.68. The van der Waals surface area contributed by atoms with Crippen molar-refractivity contribution >= 4 is 5.91 Å². The van der Waals surface area contributed by atoms with Crippen molar-refractivity contribution in [2.24, 2.45) is 11.7 Å². The van der Waals surface area contributed by atoms with Crippen molar-refractivity contribution < 1.29 is 18.0 Å². The number of nitrogens with two attached hydrogens (primary N) is 1. The van der Waals surface area contributed by atoms with Crippen LogP contribution in [0.15, 0.2) is 24.3 Å². The van der Waals surface area contributed by atoms with Gasteiger partial charge in [0.05, 0.1) is 5.56 Å². The molecule has 0 aromatic heterocycles. The molecule has 2 N–H and O–H groups in total. The Labute approximate surface area is 104 Å². The summed E-state index contributed by atoms with van der Waals surface area (Å²) in [5, 5.41) is 0. The van der Waals surface area contributed by atoms with Gasteiger partial charge in [-0.15, -0.1) is 0 Å². The maximum Gasteiger partial charge on any atom is 0.416 e. The summed E-state index contributed by atoms with van der Waals surface area (Å²) in [5.74, 6) is -1.20. The number of primary amides is 1. The number of hydrogen-bond donors (Lipinski definition) is 1. The number of halogens is 3. The first-order valence-corrected chi connectivity index (χ1v) is 5.68. The van der Waals surface area contributed by atoms with E-state index in [1.165, 1.54) is 12.1 Å². The summed E-state index contributed by atoms with van der Waals surface area (Å²) in [6.45, 7) is 3.56. The van der Waals surface area contributed by atoms with E-state index in [9.17, 15) is 18.0 Å². The second-order valence-electron chi connectivity index (χ2n) is 4.61. The van der Waals surface area contributed by atoms with Gasteiger partial charge in [-0.2, -0.15) is 13.2 Å². The van der Waals surface area contributed by atoms with E-state index in [2.05, 4.69) is 0 Å². The lowest BCUT2D eigenvalue weighted by Crippen LogP contribution is -2.21. The Morgan fingerprint density at radius 2 is 1.83 bits per heavy atom. The van der Waals surface area contributed by atoms with E-state index in [4.69, 9.17) is 5.73 Å². The van der Waals surface area contributed by atoms with Crippen molar-refractivity contribution in [1.82, 2.24) is 0 Å². The number of alkyl halides is 3. The van der Waals surface area contributed by atoms with Gasteiger partial charge in [0.25, 0.3) is 0 Å². The average molecular weight is 259 g/mol. The summed E-state index contributed by atoms with van der Waals surface area (Å²) < 4.78 is 38.7. The first-order chi connectivity index (χ1) is 8.23. The minimum atomic E-state index is -4.42. The van der Waals surface area contributed by atoms with Gasteiger partial charge < -0.3 is 5.73 Å². The second-order valence-corrected chi connectivity index (χ2v) is 4.61. The predicted molar refractivity (Wildman–Crippen MR) is 62.8 cm³/mol. The van der Waals surface area contributed by atoms with Crippen LogP contribution in [0.3, 0.4) is 0 Å². The lowest BCUT2D eigenvalue weighted by atomic mass is 9.83. The molecule has 18 heavy (non-hydrogen) atoms. The van der Waals surface area contributed by atoms with Gasteiger partial charge in [-0.3, -0.25) is 4.79 Å². The van der Waals surface area contributed by atoms with Crippen LogP contribution >= 0.6 is 0 Å². The van der Waals surface area contributed by atoms with E-state index in [1.54, 1.807) is 19.9 Å². The molecule has 0 saturated heterocycles. The van der Waals surface area contributed by atoms with Crippen molar-refractivity contribution in [3.05, 3.63) is 35.4 Å². The van der Waals surface area contributed by atoms with Crippen LogP contribution in [0.25, 0.3) is 0 Å². The maximum absolute atomic E-state index is 12.9. The topological polar surface area (TPSA) is 43.1 Å². The molecule has 0 bridgehead atoms. The lowest BCUT2D eigenvalue weighted by molar-refractivity contribution is -0.138. The lowest BCUT2D eigenvalue weighted by Gasteiger charge is -2.23. The van der Waals surface area contributed by atoms with Crippen LogP contribution < -0.4 is 5.73 Å². The largest absolute Gasteiger partial charge is 0.416 e. The zero-order chi connectivity index (χ0) is 13.9. The Kier molecular flexibility index (Phi) is 4.38. The molecule has 1 aromatic carbocycles. The maximum atomic E-state index is 12.9. The van der Waals surface area contributed by atoms with E-state index in [1.807, 2.05) is 0 Å². The van der Waals surface area contributed by atoms with Gasteiger partial charge in [-0.05, 0) is 23.5 Å². The zero-order valence-electron chi connectivity index (χ0n) is 10.3. The summed E-state index contributed by atoms with van der Waals surface area (Å²) in [4.78, 5) is 11.0. The van der Waals surface area contributed by atoms with Gasteiger partial charge >= 0.3 is 6.18 Å². The molecule has 5 heteroatoms. The standard InChI is InChI=1S/C13H16F3NO/c1-8(2)10(7-12(17)18)9-5-3-4-6-11(9)13(14,15)16/h3-6,8,10H,7H2,1-2H3,(H2,17,18). The van der Waals surface area contributed by atoms with Crippen molar-refractivity contribution in [2.45, 2.75) is 32.4 Å². The molecule has 0 aliphatic rings. The van der Waals surface area contributed by atoms with E-state index in [0.29, 0.717) is 0 Å². The first kappa shape index (κ1) is 14.5. The van der Waals surface area contributed by atoms with Gasteiger partial charge in [-0.25, -0.2) is 0 Å². The van der Waals surface area contributed by atoms with E-state index < -0.39 is 23.6 Å². The molecule has 1 rings (SSSR count). The number of carbonyl (C=O) groups is 1. The molecule has 0 saturated carbocycles. The third-order valence-electron chi connectivity index (χ3n) is 2.89. The molecule has 1 amide bonds. The highest BCUT2D eigenvalue weighted by atomic mass is 19.4. The number of amides is 1. The molecule has 0 spiro atoms. The fraction of sp³-hybridized carbons (Fsp3) is 0.462. The highest BCUT2D eigenvalue weighted by molar-refractivity contribution is 5.75. The number of benzene rings is 1. The summed E-state index contributed by atoms with van der Waals surface area (Å²) in [7, 11) is 0. The van der Waals surface area contributed by atoms with Crippen LogP contribution in [0.1, 0.15) is 37.3 Å². The normalized spacial score (nSPS) is 13.7.